The highest BCUT2D eigenvalue weighted by Gasteiger charge is 2.31. The maximum atomic E-state index is 12.6. The van der Waals surface area contributed by atoms with Crippen LogP contribution in [0.25, 0.3) is 0 Å². The van der Waals surface area contributed by atoms with Crippen LogP contribution in [-0.2, 0) is 6.54 Å². The van der Waals surface area contributed by atoms with E-state index in [9.17, 15) is 13.2 Å². The average Bonchev–Trinajstić information content (AvgIpc) is 2.37. The molecule has 0 saturated heterocycles. The molecule has 0 amide bonds. The van der Waals surface area contributed by atoms with Gasteiger partial charge >= 0.3 is 6.18 Å². The van der Waals surface area contributed by atoms with Crippen molar-refractivity contribution in [3.05, 3.63) is 28.8 Å². The van der Waals surface area contributed by atoms with Crippen molar-refractivity contribution in [2.45, 2.75) is 33.0 Å². The van der Waals surface area contributed by atoms with Crippen LogP contribution in [0.15, 0.2) is 18.2 Å². The van der Waals surface area contributed by atoms with Gasteiger partial charge in [0.25, 0.3) is 0 Å². The summed E-state index contributed by atoms with van der Waals surface area (Å²) < 4.78 is 37.9. The Balaban J connectivity index is 2.96. The number of benzene rings is 1. The topological polar surface area (TPSA) is 15.3 Å². The second kappa shape index (κ2) is 7.74. The minimum atomic E-state index is -4.23. The second-order valence-corrected chi connectivity index (χ2v) is 5.02. The van der Waals surface area contributed by atoms with E-state index < -0.39 is 12.7 Å². The third-order valence-electron chi connectivity index (χ3n) is 2.88. The van der Waals surface area contributed by atoms with Gasteiger partial charge in [0.05, 0.1) is 0 Å². The van der Waals surface area contributed by atoms with Crippen LogP contribution >= 0.6 is 11.6 Å². The van der Waals surface area contributed by atoms with E-state index in [1.165, 1.54) is 4.90 Å². The van der Waals surface area contributed by atoms with E-state index >= 15 is 0 Å². The summed E-state index contributed by atoms with van der Waals surface area (Å²) in [5.74, 6) is 0. The highest BCUT2D eigenvalue weighted by Crippen LogP contribution is 2.28. The van der Waals surface area contributed by atoms with Gasteiger partial charge in [0, 0.05) is 23.8 Å². The molecule has 1 aromatic rings. The van der Waals surface area contributed by atoms with Gasteiger partial charge in [0.15, 0.2) is 0 Å². The van der Waals surface area contributed by atoms with Crippen LogP contribution in [-0.4, -0.2) is 25.8 Å². The number of hydrogen-bond acceptors (Lipinski definition) is 2. The van der Waals surface area contributed by atoms with Crippen LogP contribution in [0.3, 0.4) is 0 Å². The van der Waals surface area contributed by atoms with Crippen LogP contribution < -0.4 is 10.2 Å². The molecule has 2 nitrogen and oxygen atoms in total. The highest BCUT2D eigenvalue weighted by atomic mass is 35.5. The third-order valence-corrected chi connectivity index (χ3v) is 3.12. The first-order valence-electron chi connectivity index (χ1n) is 6.68. The van der Waals surface area contributed by atoms with Gasteiger partial charge in [0.2, 0.25) is 0 Å². The summed E-state index contributed by atoms with van der Waals surface area (Å²) >= 11 is 5.92. The number of hydrogen-bond donors (Lipinski definition) is 1. The van der Waals surface area contributed by atoms with E-state index in [2.05, 4.69) is 5.32 Å². The number of nitrogens with zero attached hydrogens (tertiary/aromatic N) is 1. The van der Waals surface area contributed by atoms with Gasteiger partial charge in [-0.2, -0.15) is 13.2 Å². The first-order valence-corrected chi connectivity index (χ1v) is 7.06. The lowest BCUT2D eigenvalue weighted by Gasteiger charge is -2.27. The Morgan fingerprint density at radius 1 is 1.25 bits per heavy atom. The fourth-order valence-corrected chi connectivity index (χ4v) is 2.13. The maximum Gasteiger partial charge on any atom is 0.405 e. The van der Waals surface area contributed by atoms with E-state index in [0.717, 1.165) is 18.5 Å². The minimum Gasteiger partial charge on any atom is -0.363 e. The Hall–Kier alpha value is -0.940. The zero-order valence-electron chi connectivity index (χ0n) is 11.7. The van der Waals surface area contributed by atoms with Gasteiger partial charge in [-0.15, -0.1) is 0 Å². The molecule has 1 rings (SSSR count). The summed E-state index contributed by atoms with van der Waals surface area (Å²) in [7, 11) is 0. The van der Waals surface area contributed by atoms with Crippen molar-refractivity contribution in [3.8, 4) is 0 Å². The molecule has 20 heavy (non-hydrogen) atoms. The SMILES string of the molecule is CCCNCc1ccc(Cl)cc1N(CC)CC(F)(F)F. The number of anilines is 1. The fraction of sp³-hybridized carbons (Fsp3) is 0.571. The fourth-order valence-electron chi connectivity index (χ4n) is 1.96. The molecule has 0 radical (unpaired) electrons. The molecule has 0 fully saturated rings. The first-order chi connectivity index (χ1) is 9.37. The van der Waals surface area contributed by atoms with Crippen LogP contribution in [0, 0.1) is 0 Å². The number of alkyl halides is 3. The molecule has 1 aromatic carbocycles. The molecule has 0 heterocycles. The monoisotopic (exact) mass is 308 g/mol. The van der Waals surface area contributed by atoms with Crippen molar-refractivity contribution in [2.24, 2.45) is 0 Å². The summed E-state index contributed by atoms with van der Waals surface area (Å²) in [6.45, 7) is 4.42. The molecule has 0 aliphatic rings. The maximum absolute atomic E-state index is 12.6. The predicted octanol–water partition coefficient (Wildman–Crippen LogP) is 4.23. The summed E-state index contributed by atoms with van der Waals surface area (Å²) in [5, 5.41) is 3.65. The zero-order valence-corrected chi connectivity index (χ0v) is 12.5. The van der Waals surface area contributed by atoms with Crippen molar-refractivity contribution in [1.82, 2.24) is 5.32 Å². The van der Waals surface area contributed by atoms with E-state index in [1.807, 2.05) is 6.92 Å². The number of nitrogens with one attached hydrogen (secondary N) is 1. The van der Waals surface area contributed by atoms with Crippen LogP contribution in [0.5, 0.6) is 0 Å². The highest BCUT2D eigenvalue weighted by molar-refractivity contribution is 6.30. The Kier molecular flexibility index (Phi) is 6.62. The molecule has 1 N–H and O–H groups in total. The third kappa shape index (κ3) is 5.59. The molecule has 0 unspecified atom stereocenters. The quantitative estimate of drug-likeness (QED) is 0.758. The Morgan fingerprint density at radius 2 is 1.95 bits per heavy atom. The van der Waals surface area contributed by atoms with Gasteiger partial charge in [-0.1, -0.05) is 24.6 Å². The zero-order chi connectivity index (χ0) is 15.2. The van der Waals surface area contributed by atoms with Crippen LogP contribution in [0.1, 0.15) is 25.8 Å². The standard InChI is InChI=1S/C14H20ClF3N2/c1-3-7-19-9-11-5-6-12(15)8-13(11)20(4-2)10-14(16,17)18/h5-6,8,19H,3-4,7,9-10H2,1-2H3. The summed E-state index contributed by atoms with van der Waals surface area (Å²) in [4.78, 5) is 1.30. The lowest BCUT2D eigenvalue weighted by molar-refractivity contribution is -0.119. The van der Waals surface area contributed by atoms with E-state index in [0.29, 0.717) is 17.3 Å². The molecule has 0 aliphatic heterocycles. The van der Waals surface area contributed by atoms with Crippen molar-refractivity contribution >= 4 is 17.3 Å². The van der Waals surface area contributed by atoms with Gasteiger partial charge in [-0.25, -0.2) is 0 Å². The van der Waals surface area contributed by atoms with Gasteiger partial charge in [-0.05, 0) is 37.6 Å². The molecular weight excluding hydrogens is 289 g/mol. The molecule has 0 atom stereocenters. The summed E-state index contributed by atoms with van der Waals surface area (Å²) in [5.41, 5.74) is 1.37. The van der Waals surface area contributed by atoms with Crippen molar-refractivity contribution in [2.75, 3.05) is 24.5 Å². The van der Waals surface area contributed by atoms with Gasteiger partial charge < -0.3 is 10.2 Å². The van der Waals surface area contributed by atoms with Gasteiger partial charge in [0.1, 0.15) is 6.54 Å². The van der Waals surface area contributed by atoms with Crippen LogP contribution in [0.2, 0.25) is 5.02 Å². The Labute approximate surface area is 122 Å². The largest absolute Gasteiger partial charge is 0.405 e. The van der Waals surface area contributed by atoms with Crippen molar-refractivity contribution in [1.29, 1.82) is 0 Å². The molecule has 114 valence electrons. The molecule has 0 saturated carbocycles. The normalized spacial score (nSPS) is 11.7. The lowest BCUT2D eigenvalue weighted by atomic mass is 10.1. The van der Waals surface area contributed by atoms with Gasteiger partial charge in [-0.3, -0.25) is 0 Å². The summed E-state index contributed by atoms with van der Waals surface area (Å²) in [6, 6.07) is 5.08. The molecule has 0 aliphatic carbocycles. The van der Waals surface area contributed by atoms with E-state index in [-0.39, 0.29) is 6.54 Å². The molecule has 6 heteroatoms. The van der Waals surface area contributed by atoms with E-state index in [1.54, 1.807) is 25.1 Å². The van der Waals surface area contributed by atoms with Crippen molar-refractivity contribution in [3.63, 3.8) is 0 Å². The lowest BCUT2D eigenvalue weighted by Crippen LogP contribution is -2.35. The number of rotatable bonds is 7. The Bertz CT molecular complexity index is 421. The first kappa shape index (κ1) is 17.1. The van der Waals surface area contributed by atoms with Crippen molar-refractivity contribution < 1.29 is 13.2 Å². The predicted molar refractivity (Wildman–Crippen MR) is 77.4 cm³/mol. The Morgan fingerprint density at radius 3 is 2.50 bits per heavy atom. The smallest absolute Gasteiger partial charge is 0.363 e. The van der Waals surface area contributed by atoms with Crippen LogP contribution in [0.4, 0.5) is 18.9 Å². The average molecular weight is 309 g/mol. The number of halogens is 4. The van der Waals surface area contributed by atoms with E-state index in [4.69, 9.17) is 11.6 Å². The minimum absolute atomic E-state index is 0.278. The second-order valence-electron chi connectivity index (χ2n) is 4.58. The molecule has 0 bridgehead atoms. The molecule has 0 spiro atoms. The molecule has 0 aromatic heterocycles. The summed E-state index contributed by atoms with van der Waals surface area (Å²) in [6.07, 6.45) is -3.25. The molecular formula is C14H20ClF3N2.